The molecule has 0 saturated carbocycles. The van der Waals surface area contributed by atoms with E-state index in [1.165, 1.54) is 15.9 Å². The van der Waals surface area contributed by atoms with Crippen LogP contribution in [0, 0.1) is 5.92 Å². The van der Waals surface area contributed by atoms with Crippen LogP contribution in [-0.4, -0.2) is 12.4 Å². The van der Waals surface area contributed by atoms with Crippen LogP contribution in [0.3, 0.4) is 0 Å². The van der Waals surface area contributed by atoms with Crippen LogP contribution in [0.1, 0.15) is 6.92 Å². The van der Waals surface area contributed by atoms with Crippen molar-refractivity contribution >= 4 is 29.5 Å². The van der Waals surface area contributed by atoms with Gasteiger partial charge >= 0.3 is 0 Å². The Morgan fingerprint density at radius 1 is 0.708 bits per heavy atom. The summed E-state index contributed by atoms with van der Waals surface area (Å²) in [4.78, 5) is 11.5. The SMILES string of the molecule is CC(C=O)C[P+](c1ccccc1)(c1ccccc1)c1ccccc1. The molecule has 0 fully saturated rings. The molecule has 0 saturated heterocycles. The second-order valence-electron chi connectivity index (χ2n) is 6.11. The predicted octanol–water partition coefficient (Wildman–Crippen LogP) is 3.82. The van der Waals surface area contributed by atoms with Gasteiger partial charge in [0.2, 0.25) is 0 Å². The molecule has 0 N–H and O–H groups in total. The van der Waals surface area contributed by atoms with Gasteiger partial charge in [0.1, 0.15) is 29.5 Å². The normalized spacial score (nSPS) is 12.5. The second-order valence-corrected chi connectivity index (χ2v) is 9.65. The summed E-state index contributed by atoms with van der Waals surface area (Å²) in [5, 5.41) is 3.99. The third kappa shape index (κ3) is 3.18. The summed E-state index contributed by atoms with van der Waals surface area (Å²) in [6.45, 7) is 2.02. The minimum atomic E-state index is -1.86. The molecule has 1 unspecified atom stereocenters. The molecule has 3 aromatic carbocycles. The molecule has 120 valence electrons. The lowest BCUT2D eigenvalue weighted by Crippen LogP contribution is -2.35. The molecular weight excluding hydrogens is 311 g/mol. The minimum absolute atomic E-state index is 0.0129. The van der Waals surface area contributed by atoms with Gasteiger partial charge in [0.15, 0.2) is 0 Å². The van der Waals surface area contributed by atoms with E-state index in [0.717, 1.165) is 12.4 Å². The maximum atomic E-state index is 11.5. The van der Waals surface area contributed by atoms with Gasteiger partial charge in [0.05, 0.1) is 6.16 Å². The fraction of sp³-hybridized carbons (Fsp3) is 0.136. The maximum Gasteiger partial charge on any atom is 0.126 e. The van der Waals surface area contributed by atoms with Crippen LogP contribution in [0.25, 0.3) is 0 Å². The Kier molecular flexibility index (Phi) is 5.23. The van der Waals surface area contributed by atoms with E-state index in [1.54, 1.807) is 0 Å². The van der Waals surface area contributed by atoms with E-state index >= 15 is 0 Å². The molecule has 2 heteroatoms. The first-order valence-electron chi connectivity index (χ1n) is 8.27. The number of hydrogen-bond acceptors (Lipinski definition) is 1. The van der Waals surface area contributed by atoms with Gasteiger partial charge in [-0.2, -0.15) is 0 Å². The van der Waals surface area contributed by atoms with E-state index < -0.39 is 7.26 Å². The van der Waals surface area contributed by atoms with Crippen LogP contribution >= 0.6 is 7.26 Å². The zero-order valence-electron chi connectivity index (χ0n) is 13.9. The molecule has 24 heavy (non-hydrogen) atoms. The molecule has 0 aromatic heterocycles. The number of carbonyl (C=O) groups is 1. The molecule has 0 aliphatic rings. The Bertz CT molecular complexity index is 672. The van der Waals surface area contributed by atoms with Gasteiger partial charge in [-0.05, 0) is 36.4 Å². The number of aldehydes is 1. The number of rotatable bonds is 6. The van der Waals surface area contributed by atoms with Gasteiger partial charge in [-0.15, -0.1) is 0 Å². The number of carbonyl (C=O) groups excluding carboxylic acids is 1. The summed E-state index contributed by atoms with van der Waals surface area (Å²) >= 11 is 0. The smallest absolute Gasteiger partial charge is 0.126 e. The van der Waals surface area contributed by atoms with Crippen molar-refractivity contribution in [3.8, 4) is 0 Å². The molecule has 0 aliphatic carbocycles. The molecule has 3 rings (SSSR count). The standard InChI is InChI=1S/C22H22OP/c1-19(17-23)18-24(20-11-5-2-6-12-20,21-13-7-3-8-14-21)22-15-9-4-10-16-22/h2-17,19H,18H2,1H3/q+1. The van der Waals surface area contributed by atoms with E-state index in [1.807, 2.05) is 6.92 Å². The molecule has 1 nitrogen and oxygen atoms in total. The summed E-state index contributed by atoms with van der Waals surface area (Å²) < 4.78 is 0. The third-order valence-electron chi connectivity index (χ3n) is 4.39. The molecule has 0 radical (unpaired) electrons. The van der Waals surface area contributed by atoms with Crippen molar-refractivity contribution in [3.63, 3.8) is 0 Å². The van der Waals surface area contributed by atoms with Crippen LogP contribution in [-0.2, 0) is 4.79 Å². The highest BCUT2D eigenvalue weighted by atomic mass is 31.2. The summed E-state index contributed by atoms with van der Waals surface area (Å²) in [6.07, 6.45) is 1.94. The lowest BCUT2D eigenvalue weighted by molar-refractivity contribution is -0.110. The Morgan fingerprint density at radius 3 is 1.33 bits per heavy atom. The van der Waals surface area contributed by atoms with E-state index in [2.05, 4.69) is 91.0 Å². The van der Waals surface area contributed by atoms with Crippen molar-refractivity contribution in [1.29, 1.82) is 0 Å². The first-order valence-corrected chi connectivity index (χ1v) is 10.2. The van der Waals surface area contributed by atoms with Crippen LogP contribution in [0.2, 0.25) is 0 Å². The van der Waals surface area contributed by atoms with Crippen molar-refractivity contribution < 1.29 is 4.79 Å². The monoisotopic (exact) mass is 333 g/mol. The van der Waals surface area contributed by atoms with Crippen molar-refractivity contribution in [2.45, 2.75) is 6.92 Å². The minimum Gasteiger partial charge on any atom is -0.303 e. The van der Waals surface area contributed by atoms with Gasteiger partial charge in [0, 0.05) is 5.92 Å². The van der Waals surface area contributed by atoms with Crippen molar-refractivity contribution in [1.82, 2.24) is 0 Å². The second kappa shape index (κ2) is 7.55. The maximum absolute atomic E-state index is 11.5. The fourth-order valence-corrected chi connectivity index (χ4v) is 7.81. The van der Waals surface area contributed by atoms with E-state index in [0.29, 0.717) is 0 Å². The Morgan fingerprint density at radius 2 is 1.04 bits per heavy atom. The topological polar surface area (TPSA) is 17.1 Å². The molecule has 1 atom stereocenters. The van der Waals surface area contributed by atoms with E-state index in [-0.39, 0.29) is 5.92 Å². The lowest BCUT2D eigenvalue weighted by atomic mass is 10.3. The highest BCUT2D eigenvalue weighted by Crippen LogP contribution is 2.56. The van der Waals surface area contributed by atoms with Crippen LogP contribution in [0.15, 0.2) is 91.0 Å². The molecular formula is C22H22OP+. The van der Waals surface area contributed by atoms with Gasteiger partial charge in [-0.25, -0.2) is 0 Å². The highest BCUT2D eigenvalue weighted by molar-refractivity contribution is 7.95. The van der Waals surface area contributed by atoms with Gasteiger partial charge in [-0.1, -0.05) is 61.5 Å². The van der Waals surface area contributed by atoms with Crippen molar-refractivity contribution in [2.75, 3.05) is 6.16 Å². The average molecular weight is 333 g/mol. The molecule has 0 aliphatic heterocycles. The van der Waals surface area contributed by atoms with Crippen LogP contribution in [0.5, 0.6) is 0 Å². The average Bonchev–Trinajstić information content (AvgIpc) is 2.68. The number of benzene rings is 3. The first kappa shape index (κ1) is 16.6. The molecule has 0 heterocycles. The van der Waals surface area contributed by atoms with Gasteiger partial charge < -0.3 is 4.79 Å². The van der Waals surface area contributed by atoms with E-state index in [4.69, 9.17) is 0 Å². The molecule has 0 amide bonds. The summed E-state index contributed by atoms with van der Waals surface area (Å²) in [5.74, 6) is 0.0129. The third-order valence-corrected chi connectivity index (χ3v) is 9.05. The largest absolute Gasteiger partial charge is 0.303 e. The molecule has 0 bridgehead atoms. The summed E-state index contributed by atoms with van der Waals surface area (Å²) in [7, 11) is -1.86. The zero-order chi connectivity index (χ0) is 16.8. The first-order chi connectivity index (χ1) is 11.8. The van der Waals surface area contributed by atoms with Gasteiger partial charge in [0.25, 0.3) is 0 Å². The predicted molar refractivity (Wildman–Crippen MR) is 105 cm³/mol. The molecule has 3 aromatic rings. The van der Waals surface area contributed by atoms with Crippen LogP contribution < -0.4 is 15.9 Å². The lowest BCUT2D eigenvalue weighted by Gasteiger charge is -2.28. The summed E-state index contributed by atoms with van der Waals surface area (Å²) in [5.41, 5.74) is 0. The Balaban J connectivity index is 2.30. The number of hydrogen-bond donors (Lipinski definition) is 0. The summed E-state index contributed by atoms with van der Waals surface area (Å²) in [6, 6.07) is 32.0. The molecule has 0 spiro atoms. The highest BCUT2D eigenvalue weighted by Gasteiger charge is 2.46. The van der Waals surface area contributed by atoms with E-state index in [9.17, 15) is 4.79 Å². The Hall–Kier alpha value is -2.24. The van der Waals surface area contributed by atoms with Crippen LogP contribution in [0.4, 0.5) is 0 Å². The van der Waals surface area contributed by atoms with Crippen molar-refractivity contribution in [2.24, 2.45) is 5.92 Å². The fourth-order valence-electron chi connectivity index (χ4n) is 3.29. The van der Waals surface area contributed by atoms with Gasteiger partial charge in [-0.3, -0.25) is 0 Å². The Labute approximate surface area is 144 Å². The van der Waals surface area contributed by atoms with Crippen molar-refractivity contribution in [3.05, 3.63) is 91.0 Å². The quantitative estimate of drug-likeness (QED) is 0.495. The zero-order valence-corrected chi connectivity index (χ0v) is 14.8.